The smallest absolute Gasteiger partial charge is 0.156 e. The second kappa shape index (κ2) is 2.22. The van der Waals surface area contributed by atoms with Crippen LogP contribution < -0.4 is 4.40 Å². The second-order valence-electron chi connectivity index (χ2n) is 1.97. The van der Waals surface area contributed by atoms with Crippen molar-refractivity contribution in [1.29, 1.82) is 0 Å². The monoisotopic (exact) mass is 170 g/mol. The summed E-state index contributed by atoms with van der Waals surface area (Å²) in [6, 6.07) is 3.83. The first-order valence-corrected chi connectivity index (χ1v) is 4.17. The number of nitrogens with zero attached hydrogens (tertiary/aromatic N) is 1. The Morgan fingerprint density at radius 2 is 2.30 bits per heavy atom. The molecule has 0 spiro atoms. The molecule has 2 aromatic heterocycles. The van der Waals surface area contributed by atoms with Gasteiger partial charge in [-0.3, -0.25) is 0 Å². The maximum absolute atomic E-state index is 5.89. The molecule has 1 nitrogen and oxygen atoms in total. The van der Waals surface area contributed by atoms with Crippen LogP contribution in [0.2, 0.25) is 5.02 Å². The summed E-state index contributed by atoms with van der Waals surface area (Å²) in [6.45, 7) is 0. The maximum atomic E-state index is 5.89. The van der Waals surface area contributed by atoms with Crippen LogP contribution >= 0.6 is 22.9 Å². The number of fused-ring (bicyclic) bond motifs is 1. The molecule has 0 saturated carbocycles. The highest BCUT2D eigenvalue weighted by molar-refractivity contribution is 7.15. The van der Waals surface area contributed by atoms with Crippen LogP contribution in [0, 0.1) is 0 Å². The number of aromatic nitrogens is 1. The molecule has 0 fully saturated rings. The van der Waals surface area contributed by atoms with E-state index in [0.29, 0.717) is 0 Å². The Balaban J connectivity index is 2.95. The molecular formula is C7H5ClNS+. The van der Waals surface area contributed by atoms with Gasteiger partial charge in [-0.05, 0) is 6.07 Å². The van der Waals surface area contributed by atoms with Gasteiger partial charge in [-0.1, -0.05) is 22.9 Å². The topological polar surface area (TPSA) is 4.10 Å². The normalized spacial score (nSPS) is 10.5. The summed E-state index contributed by atoms with van der Waals surface area (Å²) in [6.07, 6.45) is 3.98. The molecule has 0 aliphatic heterocycles. The van der Waals surface area contributed by atoms with Gasteiger partial charge in [0.1, 0.15) is 5.02 Å². The number of rotatable bonds is 0. The molecule has 0 aliphatic rings. The van der Waals surface area contributed by atoms with Crippen molar-refractivity contribution < 1.29 is 4.40 Å². The van der Waals surface area contributed by atoms with E-state index in [-0.39, 0.29) is 0 Å². The molecule has 2 rings (SSSR count). The number of hydrogen-bond donors (Lipinski definition) is 0. The lowest BCUT2D eigenvalue weighted by Gasteiger charge is -1.82. The van der Waals surface area contributed by atoms with E-state index in [1.54, 1.807) is 11.3 Å². The fourth-order valence-corrected chi connectivity index (χ4v) is 1.93. The van der Waals surface area contributed by atoms with E-state index in [9.17, 15) is 0 Å². The van der Waals surface area contributed by atoms with Crippen molar-refractivity contribution in [3.63, 3.8) is 0 Å². The summed E-state index contributed by atoms with van der Waals surface area (Å²) in [5, 5.41) is 2.83. The Kier molecular flexibility index (Phi) is 1.36. The van der Waals surface area contributed by atoms with E-state index in [1.807, 2.05) is 34.3 Å². The molecule has 0 saturated heterocycles. The Morgan fingerprint density at radius 1 is 1.40 bits per heavy atom. The summed E-state index contributed by atoms with van der Waals surface area (Å²) in [5.41, 5.74) is 0. The van der Waals surface area contributed by atoms with Crippen molar-refractivity contribution in [1.82, 2.24) is 0 Å². The third-order valence-corrected chi connectivity index (χ3v) is 2.66. The molecule has 10 heavy (non-hydrogen) atoms. The van der Waals surface area contributed by atoms with Crippen LogP contribution in [0.4, 0.5) is 0 Å². The molecule has 0 N–H and O–H groups in total. The molecule has 0 radical (unpaired) electrons. The average molecular weight is 171 g/mol. The Labute approximate surface area is 67.5 Å². The lowest BCUT2D eigenvalue weighted by atomic mass is 10.5. The Hall–Kier alpha value is -0.600. The molecule has 50 valence electrons. The number of pyridine rings is 1. The molecule has 0 aromatic carbocycles. The molecule has 0 aliphatic carbocycles. The minimum atomic E-state index is 0.817. The minimum absolute atomic E-state index is 0.817. The molecule has 2 heterocycles. The van der Waals surface area contributed by atoms with Crippen LogP contribution in [0.3, 0.4) is 0 Å². The highest BCUT2D eigenvalue weighted by Gasteiger charge is 2.05. The van der Waals surface area contributed by atoms with Crippen LogP contribution in [-0.2, 0) is 0 Å². The predicted molar refractivity (Wildman–Crippen MR) is 42.5 cm³/mol. The van der Waals surface area contributed by atoms with Crippen molar-refractivity contribution in [3.05, 3.63) is 34.9 Å². The lowest BCUT2D eigenvalue weighted by Crippen LogP contribution is -2.15. The molecule has 0 bridgehead atoms. The fourth-order valence-electron chi connectivity index (χ4n) is 0.878. The summed E-state index contributed by atoms with van der Waals surface area (Å²) in [7, 11) is 0. The first-order chi connectivity index (χ1) is 4.88. The first kappa shape index (κ1) is 6.13. The zero-order valence-corrected chi connectivity index (χ0v) is 6.69. The van der Waals surface area contributed by atoms with Crippen LogP contribution in [-0.4, -0.2) is 0 Å². The average Bonchev–Trinajstić information content (AvgIpc) is 2.36. The molecule has 0 unspecified atom stereocenters. The van der Waals surface area contributed by atoms with Gasteiger partial charge in [0, 0.05) is 6.07 Å². The quantitative estimate of drug-likeness (QED) is 0.534. The van der Waals surface area contributed by atoms with Gasteiger partial charge in [-0.15, -0.1) is 0 Å². The van der Waals surface area contributed by atoms with Crippen molar-refractivity contribution in [3.8, 4) is 0 Å². The van der Waals surface area contributed by atoms with Gasteiger partial charge in [0.2, 0.25) is 0 Å². The van der Waals surface area contributed by atoms with Crippen LogP contribution in [0.15, 0.2) is 29.9 Å². The van der Waals surface area contributed by atoms with E-state index < -0.39 is 0 Å². The summed E-state index contributed by atoms with van der Waals surface area (Å²) in [5.74, 6) is 0. The van der Waals surface area contributed by atoms with E-state index in [4.69, 9.17) is 11.6 Å². The number of hydrogen-bond acceptors (Lipinski definition) is 1. The van der Waals surface area contributed by atoms with Crippen molar-refractivity contribution >= 4 is 27.8 Å². The van der Waals surface area contributed by atoms with Gasteiger partial charge in [0.15, 0.2) is 12.4 Å². The SMILES string of the molecule is Clc1ccc[n+]2ccsc12. The molecular weight excluding hydrogens is 166 g/mol. The van der Waals surface area contributed by atoms with Gasteiger partial charge < -0.3 is 0 Å². The van der Waals surface area contributed by atoms with Crippen LogP contribution in [0.1, 0.15) is 0 Å². The highest BCUT2D eigenvalue weighted by atomic mass is 35.5. The van der Waals surface area contributed by atoms with Crippen molar-refractivity contribution in [2.24, 2.45) is 0 Å². The summed E-state index contributed by atoms with van der Waals surface area (Å²) >= 11 is 7.53. The van der Waals surface area contributed by atoms with Crippen molar-refractivity contribution in [2.45, 2.75) is 0 Å². The maximum Gasteiger partial charge on any atom is 0.285 e. The predicted octanol–water partition coefficient (Wildman–Crippen LogP) is 2.14. The van der Waals surface area contributed by atoms with E-state index in [1.165, 1.54) is 0 Å². The molecule has 2 aromatic rings. The Bertz CT molecular complexity index is 355. The lowest BCUT2D eigenvalue weighted by molar-refractivity contribution is -0.507. The van der Waals surface area contributed by atoms with E-state index in [2.05, 4.69) is 0 Å². The standard InChI is InChI=1S/C7H5ClNS/c8-6-2-1-3-9-4-5-10-7(6)9/h1-5H/q+1. The Morgan fingerprint density at radius 3 is 3.10 bits per heavy atom. The van der Waals surface area contributed by atoms with Crippen LogP contribution in [0.5, 0.6) is 0 Å². The fraction of sp³-hybridized carbons (Fsp3) is 0. The third-order valence-electron chi connectivity index (χ3n) is 1.33. The number of thiazole rings is 1. The third kappa shape index (κ3) is 0.805. The highest BCUT2D eigenvalue weighted by Crippen LogP contribution is 2.16. The largest absolute Gasteiger partial charge is 0.285 e. The summed E-state index contributed by atoms with van der Waals surface area (Å²) in [4.78, 5) is 1.10. The van der Waals surface area contributed by atoms with E-state index >= 15 is 0 Å². The van der Waals surface area contributed by atoms with Gasteiger partial charge in [-0.25, -0.2) is 0 Å². The summed E-state index contributed by atoms with van der Waals surface area (Å²) < 4.78 is 2.01. The zero-order chi connectivity index (χ0) is 6.97. The second-order valence-corrected chi connectivity index (χ2v) is 3.27. The molecule has 3 heteroatoms. The molecule has 0 amide bonds. The van der Waals surface area contributed by atoms with Crippen molar-refractivity contribution in [2.75, 3.05) is 0 Å². The number of halogens is 1. The molecule has 0 atom stereocenters. The van der Waals surface area contributed by atoms with Crippen LogP contribution in [0.25, 0.3) is 4.83 Å². The minimum Gasteiger partial charge on any atom is -0.156 e. The van der Waals surface area contributed by atoms with Gasteiger partial charge >= 0.3 is 0 Å². The van der Waals surface area contributed by atoms with Gasteiger partial charge in [-0.2, -0.15) is 4.40 Å². The van der Waals surface area contributed by atoms with Gasteiger partial charge in [0.25, 0.3) is 4.83 Å². The van der Waals surface area contributed by atoms with E-state index in [0.717, 1.165) is 9.85 Å². The van der Waals surface area contributed by atoms with Gasteiger partial charge in [0.05, 0.1) is 5.38 Å². The first-order valence-electron chi connectivity index (χ1n) is 2.91. The zero-order valence-electron chi connectivity index (χ0n) is 5.12.